The molecule has 6 heteroatoms. The molecule has 0 saturated carbocycles. The maximum absolute atomic E-state index is 7.61. The van der Waals surface area contributed by atoms with E-state index in [0.29, 0.717) is 23.8 Å². The molecular weight excluding hydrogens is 286 g/mol. The second kappa shape index (κ2) is 7.19. The smallest absolute Gasteiger partial charge is 0.135 e. The molecule has 112 valence electrons. The van der Waals surface area contributed by atoms with Crippen molar-refractivity contribution in [3.05, 3.63) is 34.8 Å². The van der Waals surface area contributed by atoms with Crippen LogP contribution >= 0.6 is 11.3 Å². The number of nitrogen functional groups attached to an aromatic ring is 1. The van der Waals surface area contributed by atoms with Crippen molar-refractivity contribution in [2.24, 2.45) is 5.73 Å². The lowest BCUT2D eigenvalue weighted by molar-refractivity contribution is 0.182. The summed E-state index contributed by atoms with van der Waals surface area (Å²) < 4.78 is 10.7. The second-order valence-corrected chi connectivity index (χ2v) is 5.51. The van der Waals surface area contributed by atoms with Crippen LogP contribution in [0.1, 0.15) is 23.9 Å². The fourth-order valence-corrected chi connectivity index (χ4v) is 2.77. The highest BCUT2D eigenvalue weighted by molar-refractivity contribution is 7.17. The van der Waals surface area contributed by atoms with E-state index in [4.69, 9.17) is 20.6 Å². The molecule has 0 spiro atoms. The van der Waals surface area contributed by atoms with Gasteiger partial charge in [0, 0.05) is 12.7 Å². The Morgan fingerprint density at radius 1 is 1.33 bits per heavy atom. The van der Waals surface area contributed by atoms with Gasteiger partial charge in [0.1, 0.15) is 16.6 Å². The molecule has 21 heavy (non-hydrogen) atoms. The van der Waals surface area contributed by atoms with Gasteiger partial charge in [0.25, 0.3) is 0 Å². The minimum absolute atomic E-state index is 0.0219. The number of ether oxygens (including phenoxy) is 2. The molecule has 0 amide bonds. The summed E-state index contributed by atoms with van der Waals surface area (Å²) in [5.41, 5.74) is 7.28. The van der Waals surface area contributed by atoms with Gasteiger partial charge in [0.15, 0.2) is 0 Å². The molecule has 0 fully saturated rings. The van der Waals surface area contributed by atoms with Gasteiger partial charge in [-0.2, -0.15) is 0 Å². The van der Waals surface area contributed by atoms with Crippen molar-refractivity contribution in [1.29, 1.82) is 5.41 Å². The first-order valence-corrected chi connectivity index (χ1v) is 7.53. The average molecular weight is 305 g/mol. The van der Waals surface area contributed by atoms with Gasteiger partial charge in [0.2, 0.25) is 0 Å². The number of methoxy groups -OCH3 is 1. The van der Waals surface area contributed by atoms with Crippen LogP contribution in [-0.4, -0.2) is 24.5 Å². The quantitative estimate of drug-likeness (QED) is 0.608. The molecule has 1 heterocycles. The number of hydrogen-bond donors (Lipinski definition) is 2. The van der Waals surface area contributed by atoms with E-state index in [2.05, 4.69) is 11.9 Å². The van der Waals surface area contributed by atoms with Crippen LogP contribution in [-0.2, 0) is 11.3 Å². The molecule has 0 aliphatic heterocycles. The molecule has 0 bridgehead atoms. The zero-order valence-corrected chi connectivity index (χ0v) is 13.0. The summed E-state index contributed by atoms with van der Waals surface area (Å²) in [5.74, 6) is 0.870. The van der Waals surface area contributed by atoms with Crippen LogP contribution in [0, 0.1) is 5.41 Å². The summed E-state index contributed by atoms with van der Waals surface area (Å²) in [6.45, 7) is 3.14. The van der Waals surface area contributed by atoms with Crippen LogP contribution in [0.3, 0.4) is 0 Å². The highest BCUT2D eigenvalue weighted by Gasteiger charge is 2.14. The number of aromatic nitrogens is 1. The van der Waals surface area contributed by atoms with Gasteiger partial charge < -0.3 is 15.2 Å². The minimum Gasteiger partial charge on any atom is -0.494 e. The molecule has 5 nitrogen and oxygen atoms in total. The third-order valence-electron chi connectivity index (χ3n) is 2.80. The van der Waals surface area contributed by atoms with Crippen molar-refractivity contribution in [3.63, 3.8) is 0 Å². The molecule has 0 radical (unpaired) electrons. The Bertz CT molecular complexity index is 608. The molecule has 1 aromatic carbocycles. The molecule has 2 rings (SSSR count). The number of rotatable bonds is 7. The fraction of sp³-hybridized carbons (Fsp3) is 0.333. The van der Waals surface area contributed by atoms with Crippen molar-refractivity contribution >= 4 is 17.2 Å². The fourth-order valence-electron chi connectivity index (χ4n) is 1.83. The van der Waals surface area contributed by atoms with E-state index in [0.717, 1.165) is 22.7 Å². The number of nitrogens with one attached hydrogen (secondary N) is 1. The van der Waals surface area contributed by atoms with Crippen LogP contribution in [0.25, 0.3) is 10.6 Å². The van der Waals surface area contributed by atoms with Crippen LogP contribution in [0.4, 0.5) is 0 Å². The minimum atomic E-state index is 0.0219. The number of hydrogen-bond acceptors (Lipinski definition) is 5. The number of nitrogens with zero attached hydrogens (tertiary/aromatic N) is 1. The lowest BCUT2D eigenvalue weighted by Crippen LogP contribution is -2.11. The molecule has 3 N–H and O–H groups in total. The van der Waals surface area contributed by atoms with E-state index >= 15 is 0 Å². The van der Waals surface area contributed by atoms with E-state index in [1.807, 2.05) is 24.3 Å². The highest BCUT2D eigenvalue weighted by atomic mass is 32.1. The maximum atomic E-state index is 7.61. The van der Waals surface area contributed by atoms with Gasteiger partial charge >= 0.3 is 0 Å². The molecule has 0 atom stereocenters. The Labute approximate surface area is 128 Å². The Kier molecular flexibility index (Phi) is 5.30. The van der Waals surface area contributed by atoms with E-state index in [-0.39, 0.29) is 5.84 Å². The first-order chi connectivity index (χ1) is 10.2. The summed E-state index contributed by atoms with van der Waals surface area (Å²) in [6, 6.07) is 7.78. The van der Waals surface area contributed by atoms with Crippen molar-refractivity contribution in [2.45, 2.75) is 20.0 Å². The lowest BCUT2D eigenvalue weighted by atomic mass is 10.2. The number of nitrogens with two attached hydrogens (primary N) is 1. The summed E-state index contributed by atoms with van der Waals surface area (Å²) in [4.78, 5) is 5.18. The zero-order valence-electron chi connectivity index (χ0n) is 12.2. The standard InChI is InChI=1S/C15H19N3O2S/c1-3-8-20-11-6-4-10(5-7-11)15-18-12(9-19-2)13(21-15)14(16)17/h4-7H,3,8-9H2,1-2H3,(H3,16,17). The predicted octanol–water partition coefficient (Wildman–Crippen LogP) is 3.03. The first-order valence-electron chi connectivity index (χ1n) is 6.72. The number of thiazole rings is 1. The van der Waals surface area contributed by atoms with Crippen molar-refractivity contribution in [3.8, 4) is 16.3 Å². The number of amidine groups is 1. The van der Waals surface area contributed by atoms with Gasteiger partial charge in [-0.25, -0.2) is 4.98 Å². The Balaban J connectivity index is 2.25. The molecular formula is C15H19N3O2S. The highest BCUT2D eigenvalue weighted by Crippen LogP contribution is 2.29. The molecule has 2 aromatic rings. The normalized spacial score (nSPS) is 10.6. The molecule has 0 unspecified atom stereocenters. The van der Waals surface area contributed by atoms with Crippen LogP contribution < -0.4 is 10.5 Å². The summed E-state index contributed by atoms with van der Waals surface area (Å²) >= 11 is 1.40. The van der Waals surface area contributed by atoms with E-state index in [1.54, 1.807) is 7.11 Å². The van der Waals surface area contributed by atoms with Crippen molar-refractivity contribution < 1.29 is 9.47 Å². The molecule has 0 saturated heterocycles. The summed E-state index contributed by atoms with van der Waals surface area (Å²) in [7, 11) is 1.60. The van der Waals surface area contributed by atoms with Gasteiger partial charge in [-0.1, -0.05) is 6.92 Å². The van der Waals surface area contributed by atoms with Crippen LogP contribution in [0.2, 0.25) is 0 Å². The summed E-state index contributed by atoms with van der Waals surface area (Å²) in [5, 5.41) is 8.44. The monoisotopic (exact) mass is 305 g/mol. The van der Waals surface area contributed by atoms with Gasteiger partial charge in [-0.05, 0) is 30.7 Å². The van der Waals surface area contributed by atoms with Crippen molar-refractivity contribution in [2.75, 3.05) is 13.7 Å². The van der Waals surface area contributed by atoms with Gasteiger partial charge in [-0.3, -0.25) is 5.41 Å². The predicted molar refractivity (Wildman–Crippen MR) is 85.1 cm³/mol. The lowest BCUT2D eigenvalue weighted by Gasteiger charge is -2.04. The van der Waals surface area contributed by atoms with Crippen LogP contribution in [0.5, 0.6) is 5.75 Å². The van der Waals surface area contributed by atoms with E-state index < -0.39 is 0 Å². The Morgan fingerprint density at radius 3 is 2.62 bits per heavy atom. The zero-order chi connectivity index (χ0) is 15.2. The maximum Gasteiger partial charge on any atom is 0.135 e. The average Bonchev–Trinajstić information content (AvgIpc) is 2.90. The third kappa shape index (κ3) is 3.80. The number of benzene rings is 1. The van der Waals surface area contributed by atoms with E-state index in [1.165, 1.54) is 11.3 Å². The van der Waals surface area contributed by atoms with Gasteiger partial charge in [0.05, 0.1) is 23.8 Å². The van der Waals surface area contributed by atoms with Crippen molar-refractivity contribution in [1.82, 2.24) is 4.98 Å². The second-order valence-electron chi connectivity index (χ2n) is 4.51. The van der Waals surface area contributed by atoms with Gasteiger partial charge in [-0.15, -0.1) is 11.3 Å². The first kappa shape index (κ1) is 15.5. The summed E-state index contributed by atoms with van der Waals surface area (Å²) in [6.07, 6.45) is 0.983. The van der Waals surface area contributed by atoms with E-state index in [9.17, 15) is 0 Å². The van der Waals surface area contributed by atoms with Crippen LogP contribution in [0.15, 0.2) is 24.3 Å². The molecule has 1 aromatic heterocycles. The Morgan fingerprint density at radius 2 is 2.05 bits per heavy atom. The topological polar surface area (TPSA) is 81.2 Å². The Hall–Kier alpha value is -1.92. The third-order valence-corrected chi connectivity index (χ3v) is 3.98. The molecule has 0 aliphatic rings. The largest absolute Gasteiger partial charge is 0.494 e. The molecule has 0 aliphatic carbocycles. The SMILES string of the molecule is CCCOc1ccc(-c2nc(COC)c(C(=N)N)s2)cc1.